The van der Waals surface area contributed by atoms with E-state index < -0.39 is 26.8 Å². The molecule has 2 amide bonds. The Morgan fingerprint density at radius 2 is 1.68 bits per heavy atom. The summed E-state index contributed by atoms with van der Waals surface area (Å²) in [6.07, 6.45) is -3.19. The Hall–Kier alpha value is -3.53. The van der Waals surface area contributed by atoms with Crippen LogP contribution in [0.1, 0.15) is 43.9 Å². The van der Waals surface area contributed by atoms with E-state index in [1.54, 1.807) is 17.0 Å². The molecule has 0 saturated heterocycles. The van der Waals surface area contributed by atoms with Crippen molar-refractivity contribution < 1.29 is 30.6 Å². The van der Waals surface area contributed by atoms with Crippen LogP contribution in [0.25, 0.3) is 0 Å². The molecule has 1 atom stereocenters. The van der Waals surface area contributed by atoms with Crippen LogP contribution < -0.4 is 9.50 Å². The monoisotopic (exact) mass is 534 g/mol. The fourth-order valence-corrected chi connectivity index (χ4v) is 4.61. The molecule has 0 aromatic heterocycles. The summed E-state index contributed by atoms with van der Waals surface area (Å²) in [5.41, 5.74) is 1.40. The van der Waals surface area contributed by atoms with Crippen molar-refractivity contribution in [3.8, 4) is 5.75 Å². The van der Waals surface area contributed by atoms with Gasteiger partial charge < -0.3 is 14.4 Å². The number of alkyl halides is 3. The van der Waals surface area contributed by atoms with Gasteiger partial charge in [0.25, 0.3) is 0 Å². The summed E-state index contributed by atoms with van der Waals surface area (Å²) in [7, 11) is -4.48. The number of para-hydroxylation sites is 1. The van der Waals surface area contributed by atoms with Gasteiger partial charge in [-0.05, 0) is 67.3 Å². The lowest BCUT2D eigenvalue weighted by Crippen LogP contribution is -2.40. The maximum absolute atomic E-state index is 13.1. The van der Waals surface area contributed by atoms with E-state index in [0.29, 0.717) is 6.07 Å². The zero-order valence-corrected chi connectivity index (χ0v) is 21.6. The highest BCUT2D eigenvalue weighted by atomic mass is 32.2. The Morgan fingerprint density at radius 3 is 2.30 bits per heavy atom. The van der Waals surface area contributed by atoms with Gasteiger partial charge in [-0.3, -0.25) is 0 Å². The number of nitrogens with one attached hydrogen (secondary N) is 1. The van der Waals surface area contributed by atoms with Crippen LogP contribution in [0.2, 0.25) is 0 Å². The second kappa shape index (κ2) is 11.7. The molecule has 3 aromatic carbocycles. The third kappa shape index (κ3) is 7.25. The Balaban J connectivity index is 1.74. The maximum Gasteiger partial charge on any atom is 0.416 e. The molecule has 3 aromatic rings. The maximum atomic E-state index is 13.1. The van der Waals surface area contributed by atoms with Gasteiger partial charge >= 0.3 is 22.3 Å². The molecule has 0 aliphatic heterocycles. The summed E-state index contributed by atoms with van der Waals surface area (Å²) in [4.78, 5) is 14.2. The second-order valence-electron chi connectivity index (χ2n) is 8.53. The van der Waals surface area contributed by atoms with E-state index in [4.69, 9.17) is 4.18 Å². The number of urea groups is 1. The summed E-state index contributed by atoms with van der Waals surface area (Å²) in [5, 5.41) is 2.98. The largest absolute Gasteiger partial charge is 0.416 e. The quantitative estimate of drug-likeness (QED) is 0.304. The molecule has 0 fully saturated rings. The summed E-state index contributed by atoms with van der Waals surface area (Å²) < 4.78 is 69.0. The highest BCUT2D eigenvalue weighted by Crippen LogP contribution is 2.31. The first-order valence-corrected chi connectivity index (χ1v) is 13.2. The lowest BCUT2D eigenvalue weighted by atomic mass is 10.1. The van der Waals surface area contributed by atoms with Crippen LogP contribution >= 0.6 is 0 Å². The zero-order chi connectivity index (χ0) is 27.2. The number of hydrogen-bond donors (Lipinski definition) is 1. The molecule has 0 radical (unpaired) electrons. The molecule has 0 aliphatic rings. The number of carbonyl (C=O) groups is 1. The van der Waals surface area contributed by atoms with E-state index in [0.717, 1.165) is 47.9 Å². The van der Waals surface area contributed by atoms with Crippen molar-refractivity contribution >= 4 is 21.8 Å². The van der Waals surface area contributed by atoms with E-state index in [1.807, 2.05) is 45.0 Å². The second-order valence-corrected chi connectivity index (χ2v) is 10.1. The van der Waals surface area contributed by atoms with Crippen molar-refractivity contribution in [2.45, 2.75) is 57.3 Å². The van der Waals surface area contributed by atoms with Gasteiger partial charge in [0.2, 0.25) is 0 Å². The predicted octanol–water partition coefficient (Wildman–Crippen LogP) is 6.87. The summed E-state index contributed by atoms with van der Waals surface area (Å²) in [6.45, 7) is 6.18. The Kier molecular flexibility index (Phi) is 8.85. The number of carbonyl (C=O) groups excluding carboxylic acids is 1. The van der Waals surface area contributed by atoms with Crippen LogP contribution in [-0.4, -0.2) is 25.4 Å². The van der Waals surface area contributed by atoms with Crippen molar-refractivity contribution in [3.05, 3.63) is 89.5 Å². The van der Waals surface area contributed by atoms with E-state index in [2.05, 4.69) is 5.32 Å². The number of hydrogen-bond acceptors (Lipinski definition) is 4. The minimum Gasteiger partial charge on any atom is -0.379 e. The molecule has 198 valence electrons. The van der Waals surface area contributed by atoms with Gasteiger partial charge in [0.15, 0.2) is 0 Å². The number of nitrogens with zero attached hydrogens (tertiary/aromatic N) is 1. The molecule has 1 unspecified atom stereocenters. The molecular weight excluding hydrogens is 505 g/mol. The first kappa shape index (κ1) is 28.0. The van der Waals surface area contributed by atoms with Crippen LogP contribution in [0.5, 0.6) is 5.75 Å². The van der Waals surface area contributed by atoms with Gasteiger partial charge in [0.1, 0.15) is 10.6 Å². The summed E-state index contributed by atoms with van der Waals surface area (Å²) in [6, 6.07) is 16.6. The molecule has 6 nitrogen and oxygen atoms in total. The summed E-state index contributed by atoms with van der Waals surface area (Å²) >= 11 is 0. The van der Waals surface area contributed by atoms with Gasteiger partial charge in [0, 0.05) is 18.3 Å². The fraction of sp³-hybridized carbons (Fsp3) is 0.296. The number of aryl methyl sites for hydroxylation is 1. The number of rotatable bonds is 9. The van der Waals surface area contributed by atoms with E-state index in [9.17, 15) is 26.4 Å². The van der Waals surface area contributed by atoms with Crippen molar-refractivity contribution in [3.63, 3.8) is 0 Å². The van der Waals surface area contributed by atoms with Crippen LogP contribution in [0, 0.1) is 0 Å². The number of benzene rings is 3. The molecule has 0 saturated carbocycles. The first-order valence-electron chi connectivity index (χ1n) is 11.8. The predicted molar refractivity (Wildman–Crippen MR) is 136 cm³/mol. The lowest BCUT2D eigenvalue weighted by Gasteiger charge is -2.29. The Labute approximate surface area is 215 Å². The molecule has 3 rings (SSSR count). The normalized spacial score (nSPS) is 12.6. The first-order chi connectivity index (χ1) is 17.4. The van der Waals surface area contributed by atoms with Crippen LogP contribution in [-0.2, 0) is 29.3 Å². The minimum absolute atomic E-state index is 0.0578. The number of halogens is 3. The van der Waals surface area contributed by atoms with E-state index in [1.165, 1.54) is 12.1 Å². The molecule has 37 heavy (non-hydrogen) atoms. The molecule has 0 bridgehead atoms. The van der Waals surface area contributed by atoms with Crippen molar-refractivity contribution in [2.75, 3.05) is 5.32 Å². The molecular formula is C27H29F3N2O4S. The van der Waals surface area contributed by atoms with Crippen molar-refractivity contribution in [1.29, 1.82) is 0 Å². The van der Waals surface area contributed by atoms with Gasteiger partial charge in [-0.2, -0.15) is 21.6 Å². The standard InChI is InChI=1S/C27H29F3N2O4S/c1-4-19(3)32(26(33)31-25-12-7-6-9-21(25)5-2)18-20-13-15-23(16-14-20)36-37(34,35)24-11-8-10-22(17-24)27(28,29)30/h6-17,19H,4-5,18H2,1-3H3,(H,31,33). The third-order valence-corrected chi connectivity index (χ3v) is 7.20. The number of amides is 2. The van der Waals surface area contributed by atoms with Crippen LogP contribution in [0.15, 0.2) is 77.7 Å². The van der Waals surface area contributed by atoms with Gasteiger partial charge in [-0.25, -0.2) is 4.79 Å². The molecule has 0 aliphatic carbocycles. The molecule has 0 heterocycles. The highest BCUT2D eigenvalue weighted by Gasteiger charge is 2.32. The van der Waals surface area contributed by atoms with Gasteiger partial charge in [-0.1, -0.05) is 50.2 Å². The average Bonchev–Trinajstić information content (AvgIpc) is 2.87. The molecule has 10 heteroatoms. The highest BCUT2D eigenvalue weighted by molar-refractivity contribution is 7.87. The minimum atomic E-state index is -4.68. The Morgan fingerprint density at radius 1 is 1.00 bits per heavy atom. The van der Waals surface area contributed by atoms with Gasteiger partial charge in [-0.15, -0.1) is 0 Å². The zero-order valence-electron chi connectivity index (χ0n) is 20.7. The van der Waals surface area contributed by atoms with E-state index in [-0.39, 0.29) is 24.4 Å². The lowest BCUT2D eigenvalue weighted by molar-refractivity contribution is -0.137. The van der Waals surface area contributed by atoms with Crippen LogP contribution in [0.4, 0.5) is 23.7 Å². The third-order valence-electron chi connectivity index (χ3n) is 5.96. The molecule has 0 spiro atoms. The molecule has 1 N–H and O–H groups in total. The van der Waals surface area contributed by atoms with Crippen molar-refractivity contribution in [1.82, 2.24) is 4.90 Å². The number of anilines is 1. The fourth-order valence-electron chi connectivity index (χ4n) is 3.64. The Bertz CT molecular complexity index is 1330. The average molecular weight is 535 g/mol. The SMILES string of the molecule is CCc1ccccc1NC(=O)N(Cc1ccc(OS(=O)(=O)c2cccc(C(F)(F)F)c2)cc1)C(C)CC. The summed E-state index contributed by atoms with van der Waals surface area (Å²) in [5.74, 6) is -0.0578. The topological polar surface area (TPSA) is 75.7 Å². The van der Waals surface area contributed by atoms with E-state index >= 15 is 0 Å². The smallest absolute Gasteiger partial charge is 0.379 e. The van der Waals surface area contributed by atoms with Gasteiger partial charge in [0.05, 0.1) is 5.56 Å². The van der Waals surface area contributed by atoms with Crippen LogP contribution in [0.3, 0.4) is 0 Å². The van der Waals surface area contributed by atoms with Crippen molar-refractivity contribution in [2.24, 2.45) is 0 Å².